The van der Waals surface area contributed by atoms with Crippen LogP contribution in [-0.2, 0) is 19.9 Å². The van der Waals surface area contributed by atoms with E-state index < -0.39 is 11.5 Å². The maximum atomic E-state index is 13.7. The van der Waals surface area contributed by atoms with E-state index in [0.717, 1.165) is 29.9 Å². The second-order valence-electron chi connectivity index (χ2n) is 9.70. The average Bonchev–Trinajstić information content (AvgIpc) is 3.38. The summed E-state index contributed by atoms with van der Waals surface area (Å²) in [6, 6.07) is 17.1. The number of carbonyl (C=O) groups is 2. The highest BCUT2D eigenvalue weighted by atomic mass is 35.5. The van der Waals surface area contributed by atoms with E-state index in [1.165, 1.54) is 15.6 Å². The molecule has 0 bridgehead atoms. The molecule has 3 heterocycles. The molecule has 1 aromatic heterocycles. The third-order valence-corrected chi connectivity index (χ3v) is 8.49. The van der Waals surface area contributed by atoms with Gasteiger partial charge in [0.25, 0.3) is 0 Å². The summed E-state index contributed by atoms with van der Waals surface area (Å²) in [5, 5.41) is 4.34. The minimum atomic E-state index is -1.00. The maximum Gasteiger partial charge on any atom is 0.248 e. The zero-order valence-corrected chi connectivity index (χ0v) is 22.1. The van der Waals surface area contributed by atoms with Gasteiger partial charge in [-0.15, -0.1) is 0 Å². The van der Waals surface area contributed by atoms with Crippen LogP contribution in [0.15, 0.2) is 65.4 Å². The molecule has 2 unspecified atom stereocenters. The van der Waals surface area contributed by atoms with Crippen molar-refractivity contribution < 1.29 is 14.3 Å². The number of rotatable bonds is 4. The standard InChI is InChI=1S/C27H27ClN2O3S2/c1-26(2)17-29(12-13-33-26)20-9-7-18(8-10-20)27(19-11-14-35-16-19)15-23(31)24(25(32)30(27)34)21-5-3-4-6-22(21)28/h3-11,14,16,24,34H,12-13,15,17H2,1-2H3. The van der Waals surface area contributed by atoms with Crippen molar-refractivity contribution >= 4 is 53.1 Å². The van der Waals surface area contributed by atoms with Gasteiger partial charge < -0.3 is 9.64 Å². The van der Waals surface area contributed by atoms with Crippen molar-refractivity contribution in [3.05, 3.63) is 87.1 Å². The number of morpholine rings is 1. The molecule has 2 aromatic carbocycles. The van der Waals surface area contributed by atoms with Gasteiger partial charge in [-0.2, -0.15) is 11.3 Å². The van der Waals surface area contributed by atoms with E-state index in [1.54, 1.807) is 24.3 Å². The number of hydrogen-bond acceptors (Lipinski definition) is 6. The van der Waals surface area contributed by atoms with Crippen LogP contribution in [0, 0.1) is 0 Å². The minimum absolute atomic E-state index is 0.110. The molecule has 0 saturated carbocycles. The van der Waals surface area contributed by atoms with E-state index in [0.29, 0.717) is 17.2 Å². The molecular weight excluding hydrogens is 500 g/mol. The van der Waals surface area contributed by atoms with Crippen molar-refractivity contribution in [1.82, 2.24) is 4.31 Å². The molecule has 2 atom stereocenters. The second-order valence-corrected chi connectivity index (χ2v) is 11.3. The molecule has 5 nitrogen and oxygen atoms in total. The van der Waals surface area contributed by atoms with Crippen LogP contribution in [0.3, 0.4) is 0 Å². The first-order chi connectivity index (χ1) is 16.7. The number of anilines is 1. The Labute approximate surface area is 220 Å². The third-order valence-electron chi connectivity index (χ3n) is 6.92. The predicted molar refractivity (Wildman–Crippen MR) is 143 cm³/mol. The van der Waals surface area contributed by atoms with E-state index in [9.17, 15) is 9.59 Å². The van der Waals surface area contributed by atoms with Crippen molar-refractivity contribution in [3.8, 4) is 0 Å². The normalized spacial score (nSPS) is 24.6. The number of benzene rings is 2. The summed E-state index contributed by atoms with van der Waals surface area (Å²) in [6.45, 7) is 6.45. The van der Waals surface area contributed by atoms with Crippen LogP contribution >= 0.6 is 35.8 Å². The van der Waals surface area contributed by atoms with Crippen LogP contribution in [-0.4, -0.2) is 41.3 Å². The van der Waals surface area contributed by atoms with E-state index in [4.69, 9.17) is 29.2 Å². The highest BCUT2D eigenvalue weighted by molar-refractivity contribution is 7.78. The largest absolute Gasteiger partial charge is 0.372 e. The lowest BCUT2D eigenvalue weighted by molar-refractivity contribution is -0.142. The number of amides is 1. The lowest BCUT2D eigenvalue weighted by Gasteiger charge is -2.46. The molecule has 2 aliphatic rings. The molecule has 0 aliphatic carbocycles. The molecule has 2 saturated heterocycles. The van der Waals surface area contributed by atoms with Crippen molar-refractivity contribution in [2.24, 2.45) is 0 Å². The molecule has 8 heteroatoms. The van der Waals surface area contributed by atoms with Crippen LogP contribution in [0.5, 0.6) is 0 Å². The first-order valence-corrected chi connectivity index (χ1v) is 13.3. The summed E-state index contributed by atoms with van der Waals surface area (Å²) in [6.07, 6.45) is 0.110. The molecule has 35 heavy (non-hydrogen) atoms. The number of piperidine rings is 1. The summed E-state index contributed by atoms with van der Waals surface area (Å²) >= 11 is 12.6. The Hall–Kier alpha value is -2.32. The van der Waals surface area contributed by atoms with Crippen molar-refractivity contribution in [2.75, 3.05) is 24.6 Å². The number of Topliss-reactive ketones (excluding diaryl/α,β-unsaturated/α-hetero) is 1. The van der Waals surface area contributed by atoms with Crippen LogP contribution in [0.2, 0.25) is 5.02 Å². The van der Waals surface area contributed by atoms with Crippen LogP contribution < -0.4 is 4.90 Å². The van der Waals surface area contributed by atoms with Crippen LogP contribution in [0.1, 0.15) is 42.9 Å². The van der Waals surface area contributed by atoms with Crippen molar-refractivity contribution in [3.63, 3.8) is 0 Å². The number of thiophene rings is 1. The number of hydrogen-bond donors (Lipinski definition) is 1. The SMILES string of the molecule is CC1(C)CN(c2ccc(C3(c4ccsc4)CC(=O)C(c4ccccc4Cl)C(=O)N3S)cc2)CCO1. The topological polar surface area (TPSA) is 49.9 Å². The molecule has 3 aromatic rings. The van der Waals surface area contributed by atoms with E-state index in [-0.39, 0.29) is 23.7 Å². The van der Waals surface area contributed by atoms with Gasteiger partial charge >= 0.3 is 0 Å². The number of halogens is 1. The van der Waals surface area contributed by atoms with Gasteiger partial charge in [0, 0.05) is 30.2 Å². The minimum Gasteiger partial charge on any atom is -0.372 e. The van der Waals surface area contributed by atoms with Crippen LogP contribution in [0.25, 0.3) is 0 Å². The van der Waals surface area contributed by atoms with E-state index in [2.05, 4.69) is 30.9 Å². The quantitative estimate of drug-likeness (QED) is 0.350. The summed E-state index contributed by atoms with van der Waals surface area (Å²) in [5.41, 5.74) is 2.11. The Morgan fingerprint density at radius 1 is 1.06 bits per heavy atom. The molecule has 182 valence electrons. The van der Waals surface area contributed by atoms with Gasteiger partial charge in [-0.3, -0.25) is 13.9 Å². The Morgan fingerprint density at radius 2 is 1.80 bits per heavy atom. The number of ketones is 1. The fourth-order valence-corrected chi connectivity index (χ4v) is 6.58. The molecule has 1 amide bonds. The smallest absolute Gasteiger partial charge is 0.248 e. The van der Waals surface area contributed by atoms with Gasteiger partial charge in [0.1, 0.15) is 11.5 Å². The first kappa shape index (κ1) is 24.4. The number of nitrogens with zero attached hydrogens (tertiary/aromatic N) is 2. The molecule has 5 rings (SSSR count). The zero-order chi connectivity index (χ0) is 24.8. The Bertz CT molecular complexity index is 1250. The second kappa shape index (κ2) is 9.28. The molecule has 2 aliphatic heterocycles. The zero-order valence-electron chi connectivity index (χ0n) is 19.6. The highest BCUT2D eigenvalue weighted by Gasteiger charge is 2.52. The molecule has 0 N–H and O–H groups in total. The molecule has 0 radical (unpaired) electrons. The Balaban J connectivity index is 1.54. The predicted octanol–water partition coefficient (Wildman–Crippen LogP) is 5.69. The van der Waals surface area contributed by atoms with Gasteiger partial charge in [0.2, 0.25) is 5.91 Å². The van der Waals surface area contributed by atoms with Gasteiger partial charge in [0.05, 0.1) is 12.2 Å². The average molecular weight is 527 g/mol. The third kappa shape index (κ3) is 4.29. The fraction of sp³-hybridized carbons (Fsp3) is 0.333. The summed E-state index contributed by atoms with van der Waals surface area (Å²) in [7, 11) is 0. The molecule has 0 spiro atoms. The number of ether oxygens (including phenoxy) is 1. The molecular formula is C27H27ClN2O3S2. The van der Waals surface area contributed by atoms with Gasteiger partial charge in [-0.1, -0.05) is 54.7 Å². The van der Waals surface area contributed by atoms with E-state index >= 15 is 0 Å². The van der Waals surface area contributed by atoms with Gasteiger partial charge in [-0.05, 0) is 65.6 Å². The Morgan fingerprint density at radius 3 is 2.46 bits per heavy atom. The number of thiol groups is 1. The van der Waals surface area contributed by atoms with E-state index in [1.807, 2.05) is 29.0 Å². The lowest BCUT2D eigenvalue weighted by atomic mass is 9.73. The summed E-state index contributed by atoms with van der Waals surface area (Å²) < 4.78 is 7.29. The highest BCUT2D eigenvalue weighted by Crippen LogP contribution is 2.48. The van der Waals surface area contributed by atoms with Crippen molar-refractivity contribution in [2.45, 2.75) is 37.3 Å². The summed E-state index contributed by atoms with van der Waals surface area (Å²) in [5.74, 6) is -1.51. The number of carbonyl (C=O) groups excluding carboxylic acids is 2. The van der Waals surface area contributed by atoms with Gasteiger partial charge in [-0.25, -0.2) is 0 Å². The monoisotopic (exact) mass is 526 g/mol. The molecule has 2 fully saturated rings. The lowest BCUT2D eigenvalue weighted by Crippen LogP contribution is -2.54. The summed E-state index contributed by atoms with van der Waals surface area (Å²) in [4.78, 5) is 29.6. The van der Waals surface area contributed by atoms with Crippen LogP contribution in [0.4, 0.5) is 5.69 Å². The van der Waals surface area contributed by atoms with Crippen molar-refractivity contribution in [1.29, 1.82) is 0 Å². The first-order valence-electron chi connectivity index (χ1n) is 11.6. The Kier molecular flexibility index (Phi) is 6.46. The van der Waals surface area contributed by atoms with Gasteiger partial charge in [0.15, 0.2) is 5.78 Å². The maximum absolute atomic E-state index is 13.7. The fourth-order valence-electron chi connectivity index (χ4n) is 5.19.